The quantitative estimate of drug-likeness (QED) is 0.0745. The molecule has 0 unspecified atom stereocenters. The zero-order chi connectivity index (χ0) is 20.8. The molecule has 0 saturated carbocycles. The SMILES string of the molecule is C=C[CH2][Sn]([CH2]CCCCCCC)([CH2]CCCCCCC)[CH2]CCCCCCC. The molecule has 28 heavy (non-hydrogen) atoms. The second-order valence-corrected chi connectivity index (χ2v) is 23.6. The topological polar surface area (TPSA) is 0 Å². The zero-order valence-corrected chi connectivity index (χ0v) is 23.2. The average molecular weight is 499 g/mol. The number of unbranched alkanes of at least 4 members (excludes halogenated alkanes) is 15. The van der Waals surface area contributed by atoms with Crippen molar-refractivity contribution in [3.05, 3.63) is 12.7 Å². The second kappa shape index (κ2) is 22.2. The van der Waals surface area contributed by atoms with Gasteiger partial charge in [-0.25, -0.2) is 0 Å². The zero-order valence-electron chi connectivity index (χ0n) is 20.3. The molecule has 0 atom stereocenters. The van der Waals surface area contributed by atoms with Crippen LogP contribution in [-0.4, -0.2) is 18.4 Å². The average Bonchev–Trinajstić information content (AvgIpc) is 2.70. The Balaban J connectivity index is 4.41. The van der Waals surface area contributed by atoms with Crippen LogP contribution in [0.15, 0.2) is 12.7 Å². The number of rotatable bonds is 23. The second-order valence-electron chi connectivity index (χ2n) is 9.55. The molecule has 0 fully saturated rings. The Morgan fingerprint density at radius 2 is 0.750 bits per heavy atom. The molecule has 0 saturated heterocycles. The molecule has 0 N–H and O–H groups in total. The fourth-order valence-electron chi connectivity index (χ4n) is 4.83. The van der Waals surface area contributed by atoms with Crippen molar-refractivity contribution in [2.24, 2.45) is 0 Å². The van der Waals surface area contributed by atoms with Gasteiger partial charge in [-0.3, -0.25) is 0 Å². The predicted molar refractivity (Wildman–Crippen MR) is 135 cm³/mol. The van der Waals surface area contributed by atoms with Crippen molar-refractivity contribution in [1.82, 2.24) is 0 Å². The molecule has 0 aromatic rings. The van der Waals surface area contributed by atoms with E-state index in [1.807, 2.05) is 0 Å². The first-order valence-electron chi connectivity index (χ1n) is 13.4. The molecule has 0 aromatic heterocycles. The Morgan fingerprint density at radius 3 is 1.04 bits per heavy atom. The van der Waals surface area contributed by atoms with Crippen LogP contribution in [0, 0.1) is 0 Å². The van der Waals surface area contributed by atoms with Crippen molar-refractivity contribution >= 4 is 18.4 Å². The van der Waals surface area contributed by atoms with Gasteiger partial charge in [0.05, 0.1) is 0 Å². The van der Waals surface area contributed by atoms with E-state index in [0.29, 0.717) is 0 Å². The third-order valence-electron chi connectivity index (χ3n) is 6.76. The molecule has 0 amide bonds. The van der Waals surface area contributed by atoms with Crippen LogP contribution in [0.4, 0.5) is 0 Å². The third kappa shape index (κ3) is 17.4. The molecule has 0 spiro atoms. The van der Waals surface area contributed by atoms with Crippen molar-refractivity contribution in [2.75, 3.05) is 0 Å². The summed E-state index contributed by atoms with van der Waals surface area (Å²) in [5, 5.41) is 0. The van der Waals surface area contributed by atoms with Gasteiger partial charge in [0, 0.05) is 0 Å². The molecule has 0 aromatic carbocycles. The molecule has 1 heteroatoms. The van der Waals surface area contributed by atoms with Crippen molar-refractivity contribution < 1.29 is 0 Å². The van der Waals surface area contributed by atoms with Crippen LogP contribution in [0.25, 0.3) is 0 Å². The van der Waals surface area contributed by atoms with Gasteiger partial charge in [-0.2, -0.15) is 0 Å². The monoisotopic (exact) mass is 500 g/mol. The van der Waals surface area contributed by atoms with E-state index >= 15 is 0 Å². The molecule has 0 aliphatic heterocycles. The van der Waals surface area contributed by atoms with Gasteiger partial charge < -0.3 is 0 Å². The van der Waals surface area contributed by atoms with E-state index in [1.165, 1.54) is 101 Å². The Kier molecular flexibility index (Phi) is 22.7. The van der Waals surface area contributed by atoms with Gasteiger partial charge in [0.1, 0.15) is 0 Å². The Bertz CT molecular complexity index is 269. The van der Waals surface area contributed by atoms with E-state index in [4.69, 9.17) is 0 Å². The van der Waals surface area contributed by atoms with Gasteiger partial charge in [-0.15, -0.1) is 0 Å². The molecule has 0 rings (SSSR count). The van der Waals surface area contributed by atoms with Gasteiger partial charge in [0.15, 0.2) is 0 Å². The molecule has 168 valence electrons. The van der Waals surface area contributed by atoms with Crippen LogP contribution >= 0.6 is 0 Å². The van der Waals surface area contributed by atoms with Crippen molar-refractivity contribution in [3.63, 3.8) is 0 Å². The van der Waals surface area contributed by atoms with Crippen molar-refractivity contribution in [1.29, 1.82) is 0 Å². The van der Waals surface area contributed by atoms with E-state index in [-0.39, 0.29) is 0 Å². The predicted octanol–water partition coefficient (Wildman–Crippen LogP) is 10.7. The van der Waals surface area contributed by atoms with Crippen LogP contribution in [0.1, 0.15) is 136 Å². The maximum absolute atomic E-state index is 4.20. The van der Waals surface area contributed by atoms with E-state index in [1.54, 1.807) is 32.6 Å². The van der Waals surface area contributed by atoms with Crippen molar-refractivity contribution in [2.45, 2.75) is 154 Å². The van der Waals surface area contributed by atoms with Crippen LogP contribution in [-0.2, 0) is 0 Å². The molecule has 0 nitrogen and oxygen atoms in total. The first kappa shape index (κ1) is 28.5. The van der Waals surface area contributed by atoms with Gasteiger partial charge in [0.2, 0.25) is 0 Å². The normalized spacial score (nSPS) is 11.8. The fraction of sp³-hybridized carbons (Fsp3) is 0.926. The fourth-order valence-corrected chi connectivity index (χ4v) is 19.0. The number of allylic oxidation sites excluding steroid dienone is 1. The van der Waals surface area contributed by atoms with Gasteiger partial charge in [0.25, 0.3) is 0 Å². The first-order valence-corrected chi connectivity index (χ1v) is 21.4. The summed E-state index contributed by atoms with van der Waals surface area (Å²) >= 11 is -1.98. The molecule has 0 bridgehead atoms. The Morgan fingerprint density at radius 1 is 0.464 bits per heavy atom. The molecule has 0 aliphatic rings. The van der Waals surface area contributed by atoms with Crippen LogP contribution in [0.3, 0.4) is 0 Å². The summed E-state index contributed by atoms with van der Waals surface area (Å²) in [5.74, 6) is 0. The minimum absolute atomic E-state index is 1.37. The summed E-state index contributed by atoms with van der Waals surface area (Å²) in [4.78, 5) is 0. The van der Waals surface area contributed by atoms with Crippen molar-refractivity contribution in [3.8, 4) is 0 Å². The maximum atomic E-state index is 4.20. The van der Waals surface area contributed by atoms with Gasteiger partial charge >= 0.3 is 185 Å². The van der Waals surface area contributed by atoms with Crippen LogP contribution in [0.5, 0.6) is 0 Å². The Labute approximate surface area is 184 Å². The minimum atomic E-state index is -1.98. The molecule has 0 radical (unpaired) electrons. The van der Waals surface area contributed by atoms with Crippen LogP contribution < -0.4 is 0 Å². The summed E-state index contributed by atoms with van der Waals surface area (Å²) in [6.45, 7) is 11.2. The molecular formula is C27H56Sn. The van der Waals surface area contributed by atoms with E-state index in [0.717, 1.165) is 0 Å². The Hall–Kier alpha value is 0.539. The van der Waals surface area contributed by atoms with Gasteiger partial charge in [-0.1, -0.05) is 0 Å². The summed E-state index contributed by atoms with van der Waals surface area (Å²) in [5.41, 5.74) is 0. The molecule has 0 heterocycles. The summed E-state index contributed by atoms with van der Waals surface area (Å²) in [6.07, 6.45) is 28.8. The van der Waals surface area contributed by atoms with Crippen LogP contribution in [0.2, 0.25) is 17.7 Å². The van der Waals surface area contributed by atoms with E-state index < -0.39 is 18.4 Å². The summed E-state index contributed by atoms with van der Waals surface area (Å²) in [6, 6.07) is 0. The number of hydrogen-bond donors (Lipinski definition) is 0. The van der Waals surface area contributed by atoms with E-state index in [2.05, 4.69) is 33.4 Å². The molecular weight excluding hydrogens is 443 g/mol. The first-order chi connectivity index (χ1) is 13.7. The van der Waals surface area contributed by atoms with Gasteiger partial charge in [-0.05, 0) is 0 Å². The third-order valence-corrected chi connectivity index (χ3v) is 22.2. The summed E-state index contributed by atoms with van der Waals surface area (Å²) < 4.78 is 6.46. The standard InChI is InChI=1S/3C8H17.C3H5.Sn/c3*1-3-5-7-8-6-4-2;1-3-2;/h3*1,3-8H2,2H3;3H,1-2H2;. The number of hydrogen-bond acceptors (Lipinski definition) is 0. The van der Waals surface area contributed by atoms with E-state index in [9.17, 15) is 0 Å². The molecule has 0 aliphatic carbocycles. The summed E-state index contributed by atoms with van der Waals surface area (Å²) in [7, 11) is 0.